The van der Waals surface area contributed by atoms with Crippen LogP contribution in [0.25, 0.3) is 0 Å². The fourth-order valence-corrected chi connectivity index (χ4v) is 3.67. The number of methoxy groups -OCH3 is 1. The third-order valence-electron chi connectivity index (χ3n) is 4.70. The zero-order valence-corrected chi connectivity index (χ0v) is 16.7. The minimum Gasteiger partial charge on any atom is -0.494 e. The second-order valence-corrected chi connectivity index (χ2v) is 7.30. The number of ether oxygens (including phenoxy) is 1. The monoisotopic (exact) mass is 424 g/mol. The lowest BCUT2D eigenvalue weighted by Crippen LogP contribution is -2.46. The lowest BCUT2D eigenvalue weighted by Gasteiger charge is -2.32. The van der Waals surface area contributed by atoms with Gasteiger partial charge in [0, 0.05) is 24.7 Å². The molecular formula is C20H19Cl2FN2O3. The quantitative estimate of drug-likeness (QED) is 0.800. The van der Waals surface area contributed by atoms with Gasteiger partial charge in [-0.3, -0.25) is 9.59 Å². The highest BCUT2D eigenvalue weighted by atomic mass is 35.5. The highest BCUT2D eigenvalue weighted by molar-refractivity contribution is 6.37. The van der Waals surface area contributed by atoms with E-state index in [0.29, 0.717) is 36.5 Å². The molecule has 1 heterocycles. The topological polar surface area (TPSA) is 58.6 Å². The summed E-state index contributed by atoms with van der Waals surface area (Å²) in [5.41, 5.74) is 0.640. The van der Waals surface area contributed by atoms with Crippen LogP contribution in [0.1, 0.15) is 33.6 Å². The molecule has 1 saturated heterocycles. The van der Waals surface area contributed by atoms with Crippen molar-refractivity contribution in [2.75, 3.05) is 20.2 Å². The van der Waals surface area contributed by atoms with Crippen LogP contribution in [0, 0.1) is 5.82 Å². The van der Waals surface area contributed by atoms with Gasteiger partial charge in [-0.15, -0.1) is 0 Å². The lowest BCUT2D eigenvalue weighted by atomic mass is 10.0. The Hall–Kier alpha value is -2.31. The van der Waals surface area contributed by atoms with E-state index < -0.39 is 0 Å². The van der Waals surface area contributed by atoms with Gasteiger partial charge in [0.2, 0.25) is 0 Å². The summed E-state index contributed by atoms with van der Waals surface area (Å²) in [6.07, 6.45) is 1.19. The molecule has 1 N–H and O–H groups in total. The number of rotatable bonds is 4. The van der Waals surface area contributed by atoms with Gasteiger partial charge in [0.1, 0.15) is 11.4 Å². The average molecular weight is 425 g/mol. The van der Waals surface area contributed by atoms with E-state index in [1.807, 2.05) is 0 Å². The number of carbonyl (C=O) groups excluding carboxylic acids is 2. The summed E-state index contributed by atoms with van der Waals surface area (Å²) >= 11 is 12.2. The van der Waals surface area contributed by atoms with Gasteiger partial charge in [-0.2, -0.15) is 0 Å². The van der Waals surface area contributed by atoms with Gasteiger partial charge >= 0.3 is 0 Å². The van der Waals surface area contributed by atoms with Crippen LogP contribution < -0.4 is 10.1 Å². The highest BCUT2D eigenvalue weighted by Crippen LogP contribution is 2.34. The SMILES string of the molecule is COc1c(Cl)ccc(Cl)c1C(=O)NC1CCN(C(=O)c2ccc(F)cc2)CC1. The summed E-state index contributed by atoms with van der Waals surface area (Å²) in [5, 5.41) is 3.49. The van der Waals surface area contributed by atoms with Crippen molar-refractivity contribution in [2.24, 2.45) is 0 Å². The second-order valence-electron chi connectivity index (χ2n) is 6.48. The van der Waals surface area contributed by atoms with E-state index in [1.54, 1.807) is 17.0 Å². The van der Waals surface area contributed by atoms with Crippen LogP contribution in [-0.4, -0.2) is 43.0 Å². The molecule has 0 saturated carbocycles. The molecule has 0 spiro atoms. The van der Waals surface area contributed by atoms with Crippen LogP contribution in [0.15, 0.2) is 36.4 Å². The maximum atomic E-state index is 13.0. The van der Waals surface area contributed by atoms with E-state index in [-0.39, 0.29) is 40.0 Å². The molecule has 0 radical (unpaired) electrons. The van der Waals surface area contributed by atoms with Crippen molar-refractivity contribution in [3.63, 3.8) is 0 Å². The van der Waals surface area contributed by atoms with Gasteiger partial charge in [-0.05, 0) is 49.2 Å². The van der Waals surface area contributed by atoms with Crippen molar-refractivity contribution in [3.05, 3.63) is 63.4 Å². The molecule has 148 valence electrons. The van der Waals surface area contributed by atoms with Crippen LogP contribution in [0.2, 0.25) is 10.0 Å². The summed E-state index contributed by atoms with van der Waals surface area (Å²) in [6.45, 7) is 0.975. The van der Waals surface area contributed by atoms with Gasteiger partial charge in [0.25, 0.3) is 11.8 Å². The number of piperidine rings is 1. The zero-order valence-electron chi connectivity index (χ0n) is 15.2. The van der Waals surface area contributed by atoms with Crippen LogP contribution >= 0.6 is 23.2 Å². The van der Waals surface area contributed by atoms with E-state index in [4.69, 9.17) is 27.9 Å². The van der Waals surface area contributed by atoms with E-state index in [2.05, 4.69) is 5.32 Å². The first-order valence-corrected chi connectivity index (χ1v) is 9.54. The van der Waals surface area contributed by atoms with Crippen molar-refractivity contribution in [3.8, 4) is 5.75 Å². The van der Waals surface area contributed by atoms with E-state index in [1.165, 1.54) is 31.4 Å². The van der Waals surface area contributed by atoms with E-state index in [0.717, 1.165) is 0 Å². The molecule has 2 aromatic rings. The third-order valence-corrected chi connectivity index (χ3v) is 5.31. The number of nitrogens with one attached hydrogen (secondary N) is 1. The Morgan fingerprint density at radius 1 is 1.07 bits per heavy atom. The summed E-state index contributed by atoms with van der Waals surface area (Å²) in [6, 6.07) is 8.48. The second kappa shape index (κ2) is 8.80. The van der Waals surface area contributed by atoms with Gasteiger partial charge in [0.05, 0.1) is 17.2 Å². The molecule has 1 aliphatic rings. The first-order chi connectivity index (χ1) is 13.4. The Morgan fingerprint density at radius 3 is 2.29 bits per heavy atom. The molecule has 0 atom stereocenters. The Morgan fingerprint density at radius 2 is 1.68 bits per heavy atom. The normalized spacial score (nSPS) is 14.6. The fourth-order valence-electron chi connectivity index (χ4n) is 3.20. The summed E-state index contributed by atoms with van der Waals surface area (Å²) < 4.78 is 18.2. The Labute approximate surface area is 172 Å². The minimum absolute atomic E-state index is 0.107. The van der Waals surface area contributed by atoms with Crippen molar-refractivity contribution >= 4 is 35.0 Å². The number of likely N-dealkylation sites (tertiary alicyclic amines) is 1. The molecular weight excluding hydrogens is 406 g/mol. The molecule has 0 aliphatic carbocycles. The standard InChI is InChI=1S/C20H19Cl2FN2O3/c1-28-18-16(22)7-6-15(21)17(18)19(26)24-14-8-10-25(11-9-14)20(27)12-2-4-13(23)5-3-12/h2-7,14H,8-11H2,1H3,(H,24,26). The summed E-state index contributed by atoms with van der Waals surface area (Å²) in [7, 11) is 1.42. The van der Waals surface area contributed by atoms with Crippen LogP contribution in [0.4, 0.5) is 4.39 Å². The van der Waals surface area contributed by atoms with Crippen molar-refractivity contribution in [1.82, 2.24) is 10.2 Å². The Bertz CT molecular complexity index is 882. The van der Waals surface area contributed by atoms with Crippen molar-refractivity contribution < 1.29 is 18.7 Å². The predicted octanol–water partition coefficient (Wildman–Crippen LogP) is 4.18. The zero-order chi connectivity index (χ0) is 20.3. The molecule has 1 fully saturated rings. The molecule has 3 rings (SSSR count). The van der Waals surface area contributed by atoms with Crippen LogP contribution in [-0.2, 0) is 0 Å². The summed E-state index contributed by atoms with van der Waals surface area (Å²) in [4.78, 5) is 26.9. The van der Waals surface area contributed by atoms with Gasteiger partial charge < -0.3 is 15.0 Å². The smallest absolute Gasteiger partial charge is 0.256 e. The number of hydrogen-bond donors (Lipinski definition) is 1. The van der Waals surface area contributed by atoms with Gasteiger partial charge in [0.15, 0.2) is 5.75 Å². The molecule has 28 heavy (non-hydrogen) atoms. The summed E-state index contributed by atoms with van der Waals surface area (Å²) in [5.74, 6) is -0.666. The van der Waals surface area contributed by atoms with E-state index in [9.17, 15) is 14.0 Å². The number of hydrogen-bond acceptors (Lipinski definition) is 3. The Balaban J connectivity index is 1.62. The van der Waals surface area contributed by atoms with Crippen molar-refractivity contribution in [1.29, 1.82) is 0 Å². The number of nitrogens with zero attached hydrogens (tertiary/aromatic N) is 1. The first-order valence-electron chi connectivity index (χ1n) is 8.78. The maximum Gasteiger partial charge on any atom is 0.256 e. The molecule has 0 bridgehead atoms. The molecule has 1 aliphatic heterocycles. The van der Waals surface area contributed by atoms with Crippen molar-refractivity contribution in [2.45, 2.75) is 18.9 Å². The molecule has 8 heteroatoms. The first kappa shape index (κ1) is 20.4. The maximum absolute atomic E-state index is 13.0. The molecule has 0 unspecified atom stereocenters. The van der Waals surface area contributed by atoms with Crippen LogP contribution in [0.3, 0.4) is 0 Å². The van der Waals surface area contributed by atoms with Crippen LogP contribution in [0.5, 0.6) is 5.75 Å². The fraction of sp³-hybridized carbons (Fsp3) is 0.300. The minimum atomic E-state index is -0.381. The molecule has 0 aromatic heterocycles. The predicted molar refractivity (Wildman–Crippen MR) is 106 cm³/mol. The lowest BCUT2D eigenvalue weighted by molar-refractivity contribution is 0.0698. The number of halogens is 3. The average Bonchev–Trinajstić information content (AvgIpc) is 2.70. The molecule has 2 aromatic carbocycles. The van der Waals surface area contributed by atoms with Gasteiger partial charge in [-0.1, -0.05) is 23.2 Å². The number of benzene rings is 2. The third kappa shape index (κ3) is 4.39. The number of amides is 2. The molecule has 5 nitrogen and oxygen atoms in total. The number of carbonyl (C=O) groups is 2. The van der Waals surface area contributed by atoms with E-state index >= 15 is 0 Å². The molecule has 2 amide bonds. The Kier molecular flexibility index (Phi) is 6.42. The van der Waals surface area contributed by atoms with Gasteiger partial charge in [-0.25, -0.2) is 4.39 Å². The highest BCUT2D eigenvalue weighted by Gasteiger charge is 2.27. The largest absolute Gasteiger partial charge is 0.494 e.